The first-order chi connectivity index (χ1) is 11.6. The molecule has 0 atom stereocenters. The second-order valence-electron chi connectivity index (χ2n) is 4.71. The molecule has 0 saturated heterocycles. The Bertz CT molecular complexity index is 850. The predicted molar refractivity (Wildman–Crippen MR) is 84.2 cm³/mol. The van der Waals surface area contributed by atoms with Gasteiger partial charge in [0.05, 0.1) is 5.75 Å². The highest BCUT2D eigenvalue weighted by Gasteiger charge is 2.33. The average Bonchev–Trinajstić information content (AvgIpc) is 2.52. The summed E-state index contributed by atoms with van der Waals surface area (Å²) in [6.45, 7) is 0. The maximum Gasteiger partial charge on any atom is 0.433 e. The second kappa shape index (κ2) is 7.38. The van der Waals surface area contributed by atoms with Gasteiger partial charge in [0.15, 0.2) is 10.9 Å². The first kappa shape index (κ1) is 18.5. The molecule has 2 aromatic rings. The molecular weight excluding hydrogens is 361 g/mol. The number of halogens is 3. The molecule has 0 fully saturated rings. The highest BCUT2D eigenvalue weighted by molar-refractivity contribution is 7.99. The standard InChI is InChI=1S/C14H11F3N4O3S/c15-14(16,17)9-5-10(22)21-13(20-9)25-6-11(23)19-8-3-1-7(2-4-8)12(18)24/h1-5H,6H2,(H2,18,24)(H,19,23)(H,20,21,22). The minimum Gasteiger partial charge on any atom is -0.366 e. The normalized spacial score (nSPS) is 11.2. The number of amides is 2. The molecule has 0 saturated carbocycles. The largest absolute Gasteiger partial charge is 0.433 e. The summed E-state index contributed by atoms with van der Waals surface area (Å²) in [4.78, 5) is 39.4. The van der Waals surface area contributed by atoms with E-state index in [1.807, 2.05) is 0 Å². The topological polar surface area (TPSA) is 118 Å². The molecule has 0 unspecified atom stereocenters. The molecule has 1 aromatic carbocycles. The molecule has 0 radical (unpaired) electrons. The SMILES string of the molecule is NC(=O)c1ccc(NC(=O)CSc2nc(C(F)(F)F)cc(=O)[nH]2)cc1. The van der Waals surface area contributed by atoms with Crippen LogP contribution in [0.25, 0.3) is 0 Å². The Kier molecular flexibility index (Phi) is 5.47. The number of carbonyl (C=O) groups excluding carboxylic acids is 2. The number of anilines is 1. The molecule has 0 spiro atoms. The molecule has 0 bridgehead atoms. The van der Waals surface area contributed by atoms with Crippen LogP contribution in [-0.4, -0.2) is 27.5 Å². The van der Waals surface area contributed by atoms with Crippen molar-refractivity contribution in [2.45, 2.75) is 11.3 Å². The van der Waals surface area contributed by atoms with Gasteiger partial charge in [-0.2, -0.15) is 13.2 Å². The van der Waals surface area contributed by atoms with Gasteiger partial charge in [0.2, 0.25) is 11.8 Å². The summed E-state index contributed by atoms with van der Waals surface area (Å²) in [6.07, 6.45) is -4.76. The van der Waals surface area contributed by atoms with Crippen LogP contribution in [0.1, 0.15) is 16.1 Å². The Morgan fingerprint density at radius 1 is 1.24 bits per heavy atom. The number of H-pyrrole nitrogens is 1. The monoisotopic (exact) mass is 372 g/mol. The van der Waals surface area contributed by atoms with Crippen molar-refractivity contribution >= 4 is 29.3 Å². The number of nitrogens with two attached hydrogens (primary N) is 1. The molecule has 0 aliphatic rings. The number of primary amides is 1. The first-order valence-corrected chi connectivity index (χ1v) is 7.65. The summed E-state index contributed by atoms with van der Waals surface area (Å²) in [5, 5.41) is 2.16. The van der Waals surface area contributed by atoms with Gasteiger partial charge >= 0.3 is 6.18 Å². The fraction of sp³-hybridized carbons (Fsp3) is 0.143. The summed E-state index contributed by atoms with van der Waals surface area (Å²) < 4.78 is 37.8. The maximum absolute atomic E-state index is 12.6. The maximum atomic E-state index is 12.6. The molecule has 2 amide bonds. The van der Waals surface area contributed by atoms with E-state index in [1.54, 1.807) is 0 Å². The fourth-order valence-electron chi connectivity index (χ4n) is 1.70. The number of benzene rings is 1. The van der Waals surface area contributed by atoms with Crippen molar-refractivity contribution in [1.29, 1.82) is 0 Å². The van der Waals surface area contributed by atoms with E-state index in [4.69, 9.17) is 5.73 Å². The van der Waals surface area contributed by atoms with E-state index in [0.29, 0.717) is 23.5 Å². The van der Waals surface area contributed by atoms with Crippen LogP contribution < -0.4 is 16.6 Å². The van der Waals surface area contributed by atoms with Crippen molar-refractivity contribution in [2.75, 3.05) is 11.1 Å². The second-order valence-corrected chi connectivity index (χ2v) is 5.68. The van der Waals surface area contributed by atoms with Crippen LogP contribution in [-0.2, 0) is 11.0 Å². The third kappa shape index (κ3) is 5.35. The van der Waals surface area contributed by atoms with Gasteiger partial charge < -0.3 is 16.0 Å². The van der Waals surface area contributed by atoms with Crippen LogP contribution in [0, 0.1) is 0 Å². The van der Waals surface area contributed by atoms with E-state index in [2.05, 4.69) is 15.3 Å². The molecule has 4 N–H and O–H groups in total. The van der Waals surface area contributed by atoms with Gasteiger partial charge in [-0.05, 0) is 24.3 Å². The molecule has 2 rings (SSSR count). The minimum atomic E-state index is -4.76. The number of hydrogen-bond donors (Lipinski definition) is 3. The number of nitrogens with zero attached hydrogens (tertiary/aromatic N) is 1. The molecule has 1 aromatic heterocycles. The summed E-state index contributed by atoms with van der Waals surface area (Å²) in [5.41, 5.74) is 3.43. The zero-order valence-corrected chi connectivity index (χ0v) is 13.2. The fourth-order valence-corrected chi connectivity index (χ4v) is 2.37. The Hall–Kier alpha value is -2.82. The lowest BCUT2D eigenvalue weighted by atomic mass is 10.2. The van der Waals surface area contributed by atoms with Crippen molar-refractivity contribution in [3.05, 3.63) is 51.9 Å². The molecule has 0 aliphatic heterocycles. The van der Waals surface area contributed by atoms with Crippen molar-refractivity contribution in [3.8, 4) is 0 Å². The van der Waals surface area contributed by atoms with Gasteiger partial charge in [-0.3, -0.25) is 14.4 Å². The van der Waals surface area contributed by atoms with Crippen LogP contribution >= 0.6 is 11.8 Å². The summed E-state index contributed by atoms with van der Waals surface area (Å²) in [5.74, 6) is -1.42. The Morgan fingerprint density at radius 3 is 2.44 bits per heavy atom. The van der Waals surface area contributed by atoms with E-state index in [-0.39, 0.29) is 16.5 Å². The van der Waals surface area contributed by atoms with Crippen molar-refractivity contribution < 1.29 is 22.8 Å². The number of aromatic nitrogens is 2. The van der Waals surface area contributed by atoms with E-state index < -0.39 is 29.2 Å². The van der Waals surface area contributed by atoms with Crippen LogP contribution in [0.15, 0.2) is 40.3 Å². The summed E-state index contributed by atoms with van der Waals surface area (Å²) in [6, 6.07) is 6.07. The Balaban J connectivity index is 1.99. The van der Waals surface area contributed by atoms with E-state index in [9.17, 15) is 27.6 Å². The third-order valence-corrected chi connectivity index (χ3v) is 3.68. The molecule has 11 heteroatoms. The lowest BCUT2D eigenvalue weighted by Gasteiger charge is -2.08. The van der Waals surface area contributed by atoms with Crippen LogP contribution in [0.3, 0.4) is 0 Å². The number of alkyl halides is 3. The Labute approximate surface area is 142 Å². The Morgan fingerprint density at radius 2 is 1.88 bits per heavy atom. The summed E-state index contributed by atoms with van der Waals surface area (Å²) >= 11 is 0.647. The predicted octanol–water partition coefficient (Wildman–Crippen LogP) is 1.62. The van der Waals surface area contributed by atoms with Crippen LogP contribution in [0.4, 0.5) is 18.9 Å². The van der Waals surface area contributed by atoms with Crippen molar-refractivity contribution in [1.82, 2.24) is 9.97 Å². The number of rotatable bonds is 5. The number of carbonyl (C=O) groups is 2. The molecule has 1 heterocycles. The van der Waals surface area contributed by atoms with Gasteiger partial charge in [0.25, 0.3) is 5.56 Å². The van der Waals surface area contributed by atoms with E-state index in [0.717, 1.165) is 0 Å². The smallest absolute Gasteiger partial charge is 0.366 e. The van der Waals surface area contributed by atoms with Gasteiger partial charge in [0.1, 0.15) is 0 Å². The number of hydrogen-bond acceptors (Lipinski definition) is 5. The van der Waals surface area contributed by atoms with Crippen molar-refractivity contribution in [3.63, 3.8) is 0 Å². The van der Waals surface area contributed by atoms with Gasteiger partial charge in [-0.1, -0.05) is 11.8 Å². The number of aromatic amines is 1. The first-order valence-electron chi connectivity index (χ1n) is 6.66. The zero-order chi connectivity index (χ0) is 18.6. The van der Waals surface area contributed by atoms with Gasteiger partial charge in [-0.15, -0.1) is 0 Å². The third-order valence-electron chi connectivity index (χ3n) is 2.80. The molecular formula is C14H11F3N4O3S. The molecule has 132 valence electrons. The van der Waals surface area contributed by atoms with Crippen LogP contribution in [0.2, 0.25) is 0 Å². The zero-order valence-electron chi connectivity index (χ0n) is 12.4. The minimum absolute atomic E-state index is 0.262. The van der Waals surface area contributed by atoms with E-state index in [1.165, 1.54) is 24.3 Å². The average molecular weight is 372 g/mol. The quantitative estimate of drug-likeness (QED) is 0.544. The number of nitrogens with one attached hydrogen (secondary N) is 2. The van der Waals surface area contributed by atoms with Gasteiger partial charge in [0, 0.05) is 17.3 Å². The highest BCUT2D eigenvalue weighted by Crippen LogP contribution is 2.27. The number of thioether (sulfide) groups is 1. The van der Waals surface area contributed by atoms with Gasteiger partial charge in [-0.25, -0.2) is 4.98 Å². The molecule has 25 heavy (non-hydrogen) atoms. The van der Waals surface area contributed by atoms with Crippen molar-refractivity contribution in [2.24, 2.45) is 5.73 Å². The molecule has 0 aliphatic carbocycles. The molecule has 7 nitrogen and oxygen atoms in total. The van der Waals surface area contributed by atoms with Crippen LogP contribution in [0.5, 0.6) is 0 Å². The highest BCUT2D eigenvalue weighted by atomic mass is 32.2. The lowest BCUT2D eigenvalue weighted by molar-refractivity contribution is -0.141. The lowest BCUT2D eigenvalue weighted by Crippen LogP contribution is -2.18. The van der Waals surface area contributed by atoms with E-state index >= 15 is 0 Å². The summed E-state index contributed by atoms with van der Waals surface area (Å²) in [7, 11) is 0.